The number of rotatable bonds is 1. The summed E-state index contributed by atoms with van der Waals surface area (Å²) in [5.74, 6) is 1.06. The molecule has 1 aromatic rings. The Morgan fingerprint density at radius 3 is 3.00 bits per heavy atom. The number of benzene rings is 1. The molecule has 1 aliphatic heterocycles. The van der Waals surface area contributed by atoms with Crippen molar-refractivity contribution in [2.24, 2.45) is 5.73 Å². The fourth-order valence-electron chi connectivity index (χ4n) is 1.16. The molecule has 0 amide bonds. The maximum absolute atomic E-state index is 9.38. The van der Waals surface area contributed by atoms with Gasteiger partial charge in [-0.2, -0.15) is 0 Å². The van der Waals surface area contributed by atoms with E-state index in [-0.39, 0.29) is 12.5 Å². The molecule has 0 radical (unpaired) electrons. The fourth-order valence-corrected chi connectivity index (χ4v) is 1.16. The van der Waals surface area contributed by atoms with E-state index >= 15 is 0 Å². The molecule has 0 aromatic heterocycles. The quantitative estimate of drug-likeness (QED) is 0.642. The van der Waals surface area contributed by atoms with Gasteiger partial charge in [0.15, 0.2) is 11.5 Å². The van der Waals surface area contributed by atoms with Gasteiger partial charge in [-0.3, -0.25) is 0 Å². The maximum Gasteiger partial charge on any atom is 0.231 e. The molecule has 0 bridgehead atoms. The smallest absolute Gasteiger partial charge is 0.231 e. The van der Waals surface area contributed by atoms with Gasteiger partial charge in [0.1, 0.15) is 0 Å². The molecule has 12 heavy (non-hydrogen) atoms. The summed E-state index contributed by atoms with van der Waals surface area (Å²) in [5.41, 5.74) is 6.24. The van der Waals surface area contributed by atoms with E-state index in [4.69, 9.17) is 15.2 Å². The first-order chi connectivity index (χ1) is 5.81. The van der Waals surface area contributed by atoms with Gasteiger partial charge in [0, 0.05) is 6.54 Å². The van der Waals surface area contributed by atoms with Crippen molar-refractivity contribution in [1.82, 2.24) is 0 Å². The minimum absolute atomic E-state index is 0.0884. The van der Waals surface area contributed by atoms with Gasteiger partial charge in [-0.1, -0.05) is 0 Å². The normalized spacial score (nSPS) is 13.4. The molecule has 2 rings (SSSR count). The summed E-state index contributed by atoms with van der Waals surface area (Å²) in [6.07, 6.45) is 0. The summed E-state index contributed by atoms with van der Waals surface area (Å²) in [5, 5.41) is 9.38. The average molecular weight is 167 g/mol. The summed E-state index contributed by atoms with van der Waals surface area (Å²) >= 11 is 0. The molecule has 1 aromatic carbocycles. The summed E-state index contributed by atoms with van der Waals surface area (Å²) in [7, 11) is 0. The van der Waals surface area contributed by atoms with Crippen molar-refractivity contribution < 1.29 is 14.6 Å². The zero-order chi connectivity index (χ0) is 8.55. The lowest BCUT2D eigenvalue weighted by Gasteiger charge is -2.01. The lowest BCUT2D eigenvalue weighted by molar-refractivity contribution is 0.171. The van der Waals surface area contributed by atoms with Gasteiger partial charge in [-0.15, -0.1) is 0 Å². The van der Waals surface area contributed by atoms with Gasteiger partial charge < -0.3 is 20.3 Å². The van der Waals surface area contributed by atoms with Crippen LogP contribution in [0.5, 0.6) is 17.2 Å². The fraction of sp³-hybridized carbons (Fsp3) is 0.250. The average Bonchev–Trinajstić information content (AvgIpc) is 2.52. The van der Waals surface area contributed by atoms with Crippen LogP contribution in [0.15, 0.2) is 12.1 Å². The van der Waals surface area contributed by atoms with E-state index in [1.807, 2.05) is 0 Å². The number of ether oxygens (including phenoxy) is 2. The molecule has 4 heteroatoms. The molecule has 0 unspecified atom stereocenters. The minimum atomic E-state index is 0.0884. The van der Waals surface area contributed by atoms with E-state index in [1.165, 1.54) is 0 Å². The van der Waals surface area contributed by atoms with E-state index in [2.05, 4.69) is 0 Å². The number of aromatic hydroxyl groups is 1. The second kappa shape index (κ2) is 2.57. The van der Waals surface area contributed by atoms with Crippen molar-refractivity contribution in [3.05, 3.63) is 17.7 Å². The van der Waals surface area contributed by atoms with Crippen LogP contribution in [0.1, 0.15) is 5.56 Å². The first kappa shape index (κ1) is 7.24. The molecule has 0 fully saturated rings. The van der Waals surface area contributed by atoms with Crippen LogP contribution in [0.3, 0.4) is 0 Å². The summed E-state index contributed by atoms with van der Waals surface area (Å²) in [6.45, 7) is 0.543. The van der Waals surface area contributed by atoms with Crippen molar-refractivity contribution >= 4 is 0 Å². The van der Waals surface area contributed by atoms with Gasteiger partial charge in [0.2, 0.25) is 12.5 Å². The van der Waals surface area contributed by atoms with Crippen LogP contribution in [-0.2, 0) is 6.54 Å². The molecule has 0 saturated carbocycles. The van der Waals surface area contributed by atoms with E-state index < -0.39 is 0 Å². The molecule has 1 heterocycles. The van der Waals surface area contributed by atoms with Gasteiger partial charge >= 0.3 is 0 Å². The number of phenolic OH excluding ortho intramolecular Hbond substituents is 1. The molecule has 0 saturated heterocycles. The second-order valence-electron chi connectivity index (χ2n) is 2.55. The van der Waals surface area contributed by atoms with Crippen LogP contribution in [0, 0.1) is 0 Å². The summed E-state index contributed by atoms with van der Waals surface area (Å²) < 4.78 is 10.1. The predicted molar refractivity (Wildman–Crippen MR) is 42.1 cm³/mol. The SMILES string of the molecule is NCc1cc(O)c2c(c1)OCO2. The van der Waals surface area contributed by atoms with Crippen LogP contribution >= 0.6 is 0 Å². The Bertz CT molecular complexity index is 311. The largest absolute Gasteiger partial charge is 0.504 e. The second-order valence-corrected chi connectivity index (χ2v) is 2.55. The third-order valence-electron chi connectivity index (χ3n) is 1.75. The minimum Gasteiger partial charge on any atom is -0.504 e. The third kappa shape index (κ3) is 0.967. The molecule has 64 valence electrons. The van der Waals surface area contributed by atoms with Gasteiger partial charge in [-0.05, 0) is 17.7 Å². The third-order valence-corrected chi connectivity index (χ3v) is 1.75. The van der Waals surface area contributed by atoms with Crippen LogP contribution in [0.2, 0.25) is 0 Å². The highest BCUT2D eigenvalue weighted by atomic mass is 16.7. The van der Waals surface area contributed by atoms with Crippen molar-refractivity contribution in [2.45, 2.75) is 6.54 Å². The van der Waals surface area contributed by atoms with Crippen LogP contribution in [0.25, 0.3) is 0 Å². The van der Waals surface area contributed by atoms with E-state index in [1.54, 1.807) is 12.1 Å². The molecule has 0 atom stereocenters. The molecule has 0 aliphatic carbocycles. The Morgan fingerprint density at radius 1 is 1.42 bits per heavy atom. The molecule has 3 N–H and O–H groups in total. The first-order valence-electron chi connectivity index (χ1n) is 3.63. The Hall–Kier alpha value is -1.42. The lowest BCUT2D eigenvalue weighted by atomic mass is 10.2. The van der Waals surface area contributed by atoms with Gasteiger partial charge in [0.05, 0.1) is 0 Å². The molecular weight excluding hydrogens is 158 g/mol. The predicted octanol–water partition coefficient (Wildman–Crippen LogP) is 0.580. The van der Waals surface area contributed by atoms with E-state index in [0.717, 1.165) is 5.56 Å². The van der Waals surface area contributed by atoms with E-state index in [0.29, 0.717) is 18.0 Å². The zero-order valence-electron chi connectivity index (χ0n) is 6.41. The number of phenols is 1. The Kier molecular flexibility index (Phi) is 1.55. The topological polar surface area (TPSA) is 64.7 Å². The Balaban J connectivity index is 2.51. The standard InChI is InChI=1S/C8H9NO3/c9-3-5-1-6(10)8-7(2-5)11-4-12-8/h1-2,10H,3-4,9H2. The van der Waals surface area contributed by atoms with Gasteiger partial charge in [-0.25, -0.2) is 0 Å². The van der Waals surface area contributed by atoms with E-state index in [9.17, 15) is 5.11 Å². The molecular formula is C8H9NO3. The number of hydrogen-bond acceptors (Lipinski definition) is 4. The van der Waals surface area contributed by atoms with Crippen molar-refractivity contribution in [3.63, 3.8) is 0 Å². The first-order valence-corrected chi connectivity index (χ1v) is 3.63. The number of fused-ring (bicyclic) bond motifs is 1. The van der Waals surface area contributed by atoms with Crippen LogP contribution < -0.4 is 15.2 Å². The number of hydrogen-bond donors (Lipinski definition) is 2. The van der Waals surface area contributed by atoms with Crippen molar-refractivity contribution in [3.8, 4) is 17.2 Å². The van der Waals surface area contributed by atoms with Crippen molar-refractivity contribution in [1.29, 1.82) is 0 Å². The number of nitrogens with two attached hydrogens (primary N) is 1. The van der Waals surface area contributed by atoms with Crippen LogP contribution in [0.4, 0.5) is 0 Å². The summed E-state index contributed by atoms with van der Waals surface area (Å²) in [4.78, 5) is 0. The van der Waals surface area contributed by atoms with Crippen molar-refractivity contribution in [2.75, 3.05) is 6.79 Å². The zero-order valence-corrected chi connectivity index (χ0v) is 6.41. The Morgan fingerprint density at radius 2 is 2.25 bits per heavy atom. The maximum atomic E-state index is 9.38. The monoisotopic (exact) mass is 167 g/mol. The lowest BCUT2D eigenvalue weighted by Crippen LogP contribution is -1.95. The molecule has 0 spiro atoms. The highest BCUT2D eigenvalue weighted by Gasteiger charge is 2.18. The molecule has 1 aliphatic rings. The Labute approximate surface area is 69.5 Å². The summed E-state index contributed by atoms with van der Waals surface area (Å²) in [6, 6.07) is 3.34. The highest BCUT2D eigenvalue weighted by Crippen LogP contribution is 2.40. The molecule has 4 nitrogen and oxygen atoms in total. The highest BCUT2D eigenvalue weighted by molar-refractivity contribution is 5.54. The van der Waals surface area contributed by atoms with Gasteiger partial charge in [0.25, 0.3) is 0 Å². The van der Waals surface area contributed by atoms with Crippen LogP contribution in [-0.4, -0.2) is 11.9 Å².